The fraction of sp³-hybridized carbons (Fsp3) is 0.557. The van der Waals surface area contributed by atoms with Gasteiger partial charge in [-0.3, -0.25) is 14.4 Å². The molecule has 0 aliphatic rings. The third kappa shape index (κ3) is 52.1. The zero-order valence-electron chi connectivity index (χ0n) is 42.6. The molecule has 0 amide bonds. The van der Waals surface area contributed by atoms with E-state index in [0.717, 1.165) is 135 Å². The highest BCUT2D eigenvalue weighted by Crippen LogP contribution is 2.12. The van der Waals surface area contributed by atoms with Crippen molar-refractivity contribution in [3.8, 4) is 0 Å². The largest absolute Gasteiger partial charge is 0.462 e. The summed E-state index contributed by atoms with van der Waals surface area (Å²) in [4.78, 5) is 38.0. The number of carbonyl (C=O) groups is 3. The molecule has 1 atom stereocenters. The van der Waals surface area contributed by atoms with E-state index in [1.165, 1.54) is 19.3 Å². The van der Waals surface area contributed by atoms with E-state index in [1.54, 1.807) is 0 Å². The maximum Gasteiger partial charge on any atom is 0.306 e. The van der Waals surface area contributed by atoms with Crippen LogP contribution in [0.2, 0.25) is 0 Å². The van der Waals surface area contributed by atoms with Crippen LogP contribution in [0.1, 0.15) is 201 Å². The molecule has 0 aromatic carbocycles. The Balaban J connectivity index is 4.60. The highest BCUT2D eigenvalue weighted by molar-refractivity contribution is 5.71. The van der Waals surface area contributed by atoms with Crippen molar-refractivity contribution < 1.29 is 28.6 Å². The summed E-state index contributed by atoms with van der Waals surface area (Å²) in [6.45, 7) is 6.26. The molecule has 67 heavy (non-hydrogen) atoms. The summed E-state index contributed by atoms with van der Waals surface area (Å²) >= 11 is 0. The average molecular weight is 923 g/mol. The van der Waals surface area contributed by atoms with Gasteiger partial charge in [0.05, 0.1) is 0 Å². The molecule has 0 saturated heterocycles. The van der Waals surface area contributed by atoms with Gasteiger partial charge in [-0.2, -0.15) is 0 Å². The lowest BCUT2D eigenvalue weighted by Gasteiger charge is -2.18. The predicted octanol–water partition coefficient (Wildman–Crippen LogP) is 17.6. The van der Waals surface area contributed by atoms with Crippen LogP contribution in [-0.4, -0.2) is 37.2 Å². The fourth-order valence-electron chi connectivity index (χ4n) is 6.50. The van der Waals surface area contributed by atoms with Crippen molar-refractivity contribution in [2.75, 3.05) is 13.2 Å². The number of unbranched alkanes of at least 4 members (excludes halogenated alkanes) is 13. The number of esters is 3. The van der Waals surface area contributed by atoms with Gasteiger partial charge in [-0.25, -0.2) is 0 Å². The summed E-state index contributed by atoms with van der Waals surface area (Å²) in [7, 11) is 0. The first kappa shape index (κ1) is 62.3. The predicted molar refractivity (Wildman–Crippen MR) is 288 cm³/mol. The molecule has 0 fully saturated rings. The van der Waals surface area contributed by atoms with Gasteiger partial charge in [0.2, 0.25) is 0 Å². The molecular weight excluding hydrogens is 829 g/mol. The lowest BCUT2D eigenvalue weighted by Crippen LogP contribution is -2.30. The molecule has 1 unspecified atom stereocenters. The van der Waals surface area contributed by atoms with Gasteiger partial charge in [0, 0.05) is 19.3 Å². The Bertz CT molecular complexity index is 1530. The molecule has 0 aliphatic carbocycles. The highest BCUT2D eigenvalue weighted by atomic mass is 16.6. The third-order valence-corrected chi connectivity index (χ3v) is 10.4. The second kappa shape index (κ2) is 53.9. The number of hydrogen-bond acceptors (Lipinski definition) is 6. The summed E-state index contributed by atoms with van der Waals surface area (Å²) in [5, 5.41) is 0. The molecule has 0 bridgehead atoms. The smallest absolute Gasteiger partial charge is 0.306 e. The second-order valence-electron chi connectivity index (χ2n) is 16.8. The van der Waals surface area contributed by atoms with Crippen molar-refractivity contribution in [1.29, 1.82) is 0 Å². The minimum Gasteiger partial charge on any atom is -0.462 e. The quantitative estimate of drug-likeness (QED) is 0.0199. The van der Waals surface area contributed by atoms with Crippen LogP contribution >= 0.6 is 0 Å². The van der Waals surface area contributed by atoms with Gasteiger partial charge in [0.15, 0.2) is 6.10 Å². The SMILES string of the molecule is CC/C=C\C/C=C\C/C=C\C/C=C\C/C=C\CCCC(=O)OC(COC(=O)CCCCCC/C=C\C/C=C\C/C=C\CC)COC(=O)CCCCCCC\C=C/C=C\C=C/C=C\CCCCC. The topological polar surface area (TPSA) is 78.9 Å². The Hall–Kier alpha value is -4.71. The van der Waals surface area contributed by atoms with Crippen molar-refractivity contribution in [3.05, 3.63) is 146 Å². The second-order valence-corrected chi connectivity index (χ2v) is 16.8. The van der Waals surface area contributed by atoms with Gasteiger partial charge in [0.1, 0.15) is 13.2 Å². The molecule has 0 aromatic rings. The zero-order chi connectivity index (χ0) is 48.6. The maximum absolute atomic E-state index is 12.8. The standard InChI is InChI=1S/C61H94O6/c1-4-7-10-13-16-19-22-25-28-30-32-33-36-39-42-45-48-51-54-60(63)66-57-58(56-65-59(62)53-50-47-44-41-38-35-27-24-21-18-15-12-9-6-3)67-61(64)55-52-49-46-43-40-37-34-31-29-26-23-20-17-14-11-8-5-2/h8-9,11-12,16-22,25-30,32-35,37,43,46,58H,4-7,10,13-15,23-24,31,36,38-42,44-45,47-57H2,1-3H3/b11-8-,12-9-,19-16-,20-17-,21-18-,25-22-,29-26-,30-28-,33-32-,35-27-,37-34-,46-43-. The molecular formula is C61H94O6. The van der Waals surface area contributed by atoms with E-state index in [4.69, 9.17) is 14.2 Å². The maximum atomic E-state index is 12.8. The Morgan fingerprint density at radius 1 is 0.328 bits per heavy atom. The Morgan fingerprint density at radius 3 is 1.09 bits per heavy atom. The molecule has 374 valence electrons. The van der Waals surface area contributed by atoms with Crippen LogP contribution in [0.5, 0.6) is 0 Å². The normalized spacial score (nSPS) is 13.3. The number of allylic oxidation sites excluding steroid dienone is 24. The molecule has 0 spiro atoms. The summed E-state index contributed by atoms with van der Waals surface area (Å²) in [5.41, 5.74) is 0. The van der Waals surface area contributed by atoms with Gasteiger partial charge < -0.3 is 14.2 Å². The fourth-order valence-corrected chi connectivity index (χ4v) is 6.50. The summed E-state index contributed by atoms with van der Waals surface area (Å²) in [5.74, 6) is -1.04. The van der Waals surface area contributed by atoms with Crippen molar-refractivity contribution in [2.45, 2.75) is 207 Å². The molecule has 6 nitrogen and oxygen atoms in total. The molecule has 0 heterocycles. The van der Waals surface area contributed by atoms with Crippen LogP contribution in [0.25, 0.3) is 0 Å². The van der Waals surface area contributed by atoms with Crippen molar-refractivity contribution in [1.82, 2.24) is 0 Å². The van der Waals surface area contributed by atoms with Crippen molar-refractivity contribution in [3.63, 3.8) is 0 Å². The van der Waals surface area contributed by atoms with Gasteiger partial charge in [-0.05, 0) is 116 Å². The first-order valence-corrected chi connectivity index (χ1v) is 26.4. The van der Waals surface area contributed by atoms with Crippen LogP contribution in [0, 0.1) is 0 Å². The summed E-state index contributed by atoms with van der Waals surface area (Å²) < 4.78 is 16.7. The highest BCUT2D eigenvalue weighted by Gasteiger charge is 2.19. The van der Waals surface area contributed by atoms with Gasteiger partial charge >= 0.3 is 17.9 Å². The number of ether oxygens (including phenoxy) is 3. The van der Waals surface area contributed by atoms with E-state index in [0.29, 0.717) is 19.3 Å². The van der Waals surface area contributed by atoms with Crippen LogP contribution in [0.3, 0.4) is 0 Å². The first-order chi connectivity index (χ1) is 33.0. The average Bonchev–Trinajstić information content (AvgIpc) is 3.33. The van der Waals surface area contributed by atoms with Gasteiger partial charge in [-0.1, -0.05) is 212 Å². The lowest BCUT2D eigenvalue weighted by atomic mass is 10.1. The van der Waals surface area contributed by atoms with E-state index in [-0.39, 0.29) is 37.5 Å². The molecule has 0 aromatic heterocycles. The minimum atomic E-state index is -0.834. The Labute approximate surface area is 410 Å². The van der Waals surface area contributed by atoms with Crippen molar-refractivity contribution >= 4 is 17.9 Å². The van der Waals surface area contributed by atoms with Crippen molar-refractivity contribution in [2.24, 2.45) is 0 Å². The number of rotatable bonds is 45. The van der Waals surface area contributed by atoms with Gasteiger partial charge in [0.25, 0.3) is 0 Å². The van der Waals surface area contributed by atoms with Crippen LogP contribution in [0.4, 0.5) is 0 Å². The third-order valence-electron chi connectivity index (χ3n) is 10.4. The van der Waals surface area contributed by atoms with Gasteiger partial charge in [-0.15, -0.1) is 0 Å². The van der Waals surface area contributed by atoms with Crippen LogP contribution < -0.4 is 0 Å². The molecule has 0 aliphatic heterocycles. The molecule has 0 radical (unpaired) electrons. The van der Waals surface area contributed by atoms with E-state index in [2.05, 4.69) is 167 Å². The number of carbonyl (C=O) groups excluding carboxylic acids is 3. The molecule has 0 saturated carbocycles. The van der Waals surface area contributed by atoms with Crippen LogP contribution in [0.15, 0.2) is 146 Å². The molecule has 6 heteroatoms. The number of hydrogen-bond donors (Lipinski definition) is 0. The monoisotopic (exact) mass is 923 g/mol. The Morgan fingerprint density at radius 2 is 0.657 bits per heavy atom. The Kier molecular flexibility index (Phi) is 50.1. The van der Waals surface area contributed by atoms with E-state index < -0.39 is 6.10 Å². The lowest BCUT2D eigenvalue weighted by molar-refractivity contribution is -0.167. The zero-order valence-corrected chi connectivity index (χ0v) is 42.6. The minimum absolute atomic E-state index is 0.127. The van der Waals surface area contributed by atoms with E-state index >= 15 is 0 Å². The summed E-state index contributed by atoms with van der Waals surface area (Å²) in [6, 6.07) is 0. The van der Waals surface area contributed by atoms with Crippen LogP contribution in [-0.2, 0) is 28.6 Å². The van der Waals surface area contributed by atoms with E-state index in [1.807, 2.05) is 0 Å². The summed E-state index contributed by atoms with van der Waals surface area (Å²) in [6.07, 6.45) is 76.9. The van der Waals surface area contributed by atoms with E-state index in [9.17, 15) is 14.4 Å². The first-order valence-electron chi connectivity index (χ1n) is 26.4. The molecule has 0 N–H and O–H groups in total. The molecule has 0 rings (SSSR count).